The number of hydrogen-bond acceptors (Lipinski definition) is 2. The Hall–Kier alpha value is -1.77. The number of carbonyl (C=O) groups is 1. The van der Waals surface area contributed by atoms with Gasteiger partial charge in [0.15, 0.2) is 0 Å². The molecule has 1 N–H and O–H groups in total. The van der Waals surface area contributed by atoms with E-state index in [0.717, 1.165) is 12.8 Å². The molecule has 0 aliphatic rings. The van der Waals surface area contributed by atoms with Crippen LogP contribution in [0.4, 0.5) is 4.79 Å². The Kier molecular flexibility index (Phi) is 5.61. The molecule has 1 aromatic rings. The third kappa shape index (κ3) is 6.65. The molecule has 1 aromatic carbocycles. The summed E-state index contributed by atoms with van der Waals surface area (Å²) in [4.78, 5) is 11.7. The minimum absolute atomic E-state index is 0.0740. The van der Waals surface area contributed by atoms with Gasteiger partial charge < -0.3 is 10.1 Å². The van der Waals surface area contributed by atoms with E-state index in [1.165, 1.54) is 5.56 Å². The van der Waals surface area contributed by atoms with Gasteiger partial charge in [-0.25, -0.2) is 4.79 Å². The average molecular weight is 261 g/mol. The summed E-state index contributed by atoms with van der Waals surface area (Å²) in [5.41, 5.74) is 0.773. The maximum atomic E-state index is 11.7. The molecule has 0 saturated heterocycles. The molecule has 0 bridgehead atoms. The summed E-state index contributed by atoms with van der Waals surface area (Å²) < 4.78 is 5.22. The maximum Gasteiger partial charge on any atom is 0.408 e. The SMILES string of the molecule is C=CC(CCc1ccccc1)NC(=O)OC(C)(C)C. The third-order valence-electron chi connectivity index (χ3n) is 2.57. The highest BCUT2D eigenvalue weighted by Crippen LogP contribution is 2.09. The van der Waals surface area contributed by atoms with Gasteiger partial charge in [0.1, 0.15) is 5.60 Å². The lowest BCUT2D eigenvalue weighted by Gasteiger charge is -2.22. The first-order valence-electron chi connectivity index (χ1n) is 6.57. The van der Waals surface area contributed by atoms with Crippen molar-refractivity contribution in [2.24, 2.45) is 0 Å². The van der Waals surface area contributed by atoms with Crippen LogP contribution in [-0.2, 0) is 11.2 Å². The molecule has 19 heavy (non-hydrogen) atoms. The summed E-state index contributed by atoms with van der Waals surface area (Å²) in [5.74, 6) is 0. The molecular formula is C16H23NO2. The van der Waals surface area contributed by atoms with E-state index in [9.17, 15) is 4.79 Å². The van der Waals surface area contributed by atoms with Crippen LogP contribution in [-0.4, -0.2) is 17.7 Å². The zero-order valence-electron chi connectivity index (χ0n) is 12.0. The molecule has 1 unspecified atom stereocenters. The quantitative estimate of drug-likeness (QED) is 0.821. The standard InChI is InChI=1S/C16H23NO2/c1-5-14(17-15(18)19-16(2,3)4)12-11-13-9-7-6-8-10-13/h5-10,14H,1,11-12H2,2-4H3,(H,17,18). The van der Waals surface area contributed by atoms with E-state index < -0.39 is 11.7 Å². The van der Waals surface area contributed by atoms with Gasteiger partial charge in [-0.2, -0.15) is 0 Å². The lowest BCUT2D eigenvalue weighted by molar-refractivity contribution is 0.0512. The number of rotatable bonds is 5. The fourth-order valence-corrected chi connectivity index (χ4v) is 1.67. The lowest BCUT2D eigenvalue weighted by Crippen LogP contribution is -2.38. The Labute approximate surface area is 115 Å². The van der Waals surface area contributed by atoms with Crippen LogP contribution in [0.3, 0.4) is 0 Å². The summed E-state index contributed by atoms with van der Waals surface area (Å²) in [6.07, 6.45) is 3.05. The summed E-state index contributed by atoms with van der Waals surface area (Å²) in [5, 5.41) is 2.81. The molecule has 0 aromatic heterocycles. The molecule has 0 saturated carbocycles. The fourth-order valence-electron chi connectivity index (χ4n) is 1.67. The number of aryl methyl sites for hydroxylation is 1. The largest absolute Gasteiger partial charge is 0.444 e. The minimum atomic E-state index is -0.477. The van der Waals surface area contributed by atoms with E-state index in [2.05, 4.69) is 24.0 Å². The number of amides is 1. The first-order valence-corrected chi connectivity index (χ1v) is 6.57. The van der Waals surface area contributed by atoms with Crippen LogP contribution < -0.4 is 5.32 Å². The van der Waals surface area contributed by atoms with E-state index in [1.54, 1.807) is 6.08 Å². The van der Waals surface area contributed by atoms with E-state index in [0.29, 0.717) is 0 Å². The van der Waals surface area contributed by atoms with Gasteiger partial charge >= 0.3 is 6.09 Å². The molecule has 1 amide bonds. The molecule has 3 nitrogen and oxygen atoms in total. The highest BCUT2D eigenvalue weighted by molar-refractivity contribution is 5.68. The van der Waals surface area contributed by atoms with Crippen molar-refractivity contribution in [2.75, 3.05) is 0 Å². The van der Waals surface area contributed by atoms with Crippen LogP contribution >= 0.6 is 0 Å². The van der Waals surface area contributed by atoms with Gasteiger partial charge in [-0.3, -0.25) is 0 Å². The van der Waals surface area contributed by atoms with E-state index >= 15 is 0 Å². The Bertz CT molecular complexity index is 407. The highest BCUT2D eigenvalue weighted by atomic mass is 16.6. The van der Waals surface area contributed by atoms with E-state index in [4.69, 9.17) is 4.74 Å². The molecule has 3 heteroatoms. The monoisotopic (exact) mass is 261 g/mol. The van der Waals surface area contributed by atoms with Gasteiger partial charge in [0, 0.05) is 0 Å². The van der Waals surface area contributed by atoms with Crippen molar-refractivity contribution >= 4 is 6.09 Å². The van der Waals surface area contributed by atoms with Gasteiger partial charge in [0.05, 0.1) is 6.04 Å². The van der Waals surface area contributed by atoms with Crippen LogP contribution in [0.1, 0.15) is 32.8 Å². The maximum absolute atomic E-state index is 11.7. The van der Waals surface area contributed by atoms with Crippen LogP contribution in [0.15, 0.2) is 43.0 Å². The van der Waals surface area contributed by atoms with Gasteiger partial charge in [-0.1, -0.05) is 36.4 Å². The zero-order valence-corrected chi connectivity index (χ0v) is 12.0. The van der Waals surface area contributed by atoms with Crippen molar-refractivity contribution in [2.45, 2.75) is 45.3 Å². The molecule has 0 spiro atoms. The van der Waals surface area contributed by atoms with Gasteiger partial charge in [0.2, 0.25) is 0 Å². The number of carbonyl (C=O) groups excluding carboxylic acids is 1. The van der Waals surface area contributed by atoms with Crippen molar-refractivity contribution in [1.82, 2.24) is 5.32 Å². The molecule has 1 rings (SSSR count). The first kappa shape index (κ1) is 15.3. The molecule has 0 radical (unpaired) electrons. The predicted molar refractivity (Wildman–Crippen MR) is 78.1 cm³/mol. The molecule has 1 atom stereocenters. The van der Waals surface area contributed by atoms with Crippen molar-refractivity contribution in [3.8, 4) is 0 Å². The Morgan fingerprint density at radius 3 is 2.53 bits per heavy atom. The molecule has 0 aliphatic carbocycles. The Morgan fingerprint density at radius 1 is 1.37 bits per heavy atom. The first-order chi connectivity index (χ1) is 8.90. The number of ether oxygens (including phenoxy) is 1. The highest BCUT2D eigenvalue weighted by Gasteiger charge is 2.18. The van der Waals surface area contributed by atoms with E-state index in [1.807, 2.05) is 39.0 Å². The number of hydrogen-bond donors (Lipinski definition) is 1. The van der Waals surface area contributed by atoms with Crippen LogP contribution in [0.5, 0.6) is 0 Å². The zero-order chi connectivity index (χ0) is 14.3. The van der Waals surface area contributed by atoms with E-state index in [-0.39, 0.29) is 6.04 Å². The third-order valence-corrected chi connectivity index (χ3v) is 2.57. The summed E-state index contributed by atoms with van der Waals surface area (Å²) in [6, 6.07) is 10.1. The summed E-state index contributed by atoms with van der Waals surface area (Å²) in [6.45, 7) is 9.29. The van der Waals surface area contributed by atoms with Gasteiger partial charge in [0.25, 0.3) is 0 Å². The number of alkyl carbamates (subject to hydrolysis) is 1. The number of nitrogens with one attached hydrogen (secondary N) is 1. The Morgan fingerprint density at radius 2 is 2.00 bits per heavy atom. The Balaban J connectivity index is 2.42. The molecule has 104 valence electrons. The van der Waals surface area contributed by atoms with Crippen LogP contribution in [0.2, 0.25) is 0 Å². The smallest absolute Gasteiger partial charge is 0.408 e. The molecule has 0 heterocycles. The second-order valence-electron chi connectivity index (χ2n) is 5.51. The van der Waals surface area contributed by atoms with Crippen molar-refractivity contribution in [1.29, 1.82) is 0 Å². The van der Waals surface area contributed by atoms with Gasteiger partial charge in [-0.05, 0) is 39.2 Å². The van der Waals surface area contributed by atoms with Crippen molar-refractivity contribution in [3.63, 3.8) is 0 Å². The molecule has 0 aliphatic heterocycles. The van der Waals surface area contributed by atoms with Gasteiger partial charge in [-0.15, -0.1) is 6.58 Å². The van der Waals surface area contributed by atoms with Crippen molar-refractivity contribution in [3.05, 3.63) is 48.6 Å². The predicted octanol–water partition coefficient (Wildman–Crippen LogP) is 3.70. The molecule has 0 fully saturated rings. The minimum Gasteiger partial charge on any atom is -0.444 e. The van der Waals surface area contributed by atoms with Crippen molar-refractivity contribution < 1.29 is 9.53 Å². The lowest BCUT2D eigenvalue weighted by atomic mass is 10.1. The second-order valence-corrected chi connectivity index (χ2v) is 5.51. The van der Waals surface area contributed by atoms with Crippen LogP contribution in [0, 0.1) is 0 Å². The average Bonchev–Trinajstić information content (AvgIpc) is 2.33. The second kappa shape index (κ2) is 6.98. The van der Waals surface area contributed by atoms with Crippen LogP contribution in [0.25, 0.3) is 0 Å². The summed E-state index contributed by atoms with van der Waals surface area (Å²) >= 11 is 0. The normalized spacial score (nSPS) is 12.6. The number of benzene rings is 1. The topological polar surface area (TPSA) is 38.3 Å². The fraction of sp³-hybridized carbons (Fsp3) is 0.438. The summed E-state index contributed by atoms with van der Waals surface area (Å²) in [7, 11) is 0. The molecular weight excluding hydrogens is 238 g/mol.